The molecule has 25 heavy (non-hydrogen) atoms. The van der Waals surface area contributed by atoms with Gasteiger partial charge in [0.1, 0.15) is 5.56 Å². The summed E-state index contributed by atoms with van der Waals surface area (Å²) in [7, 11) is 1.75. The summed E-state index contributed by atoms with van der Waals surface area (Å²) < 4.78 is 1.57. The molecule has 3 rings (SSSR count). The fourth-order valence-electron chi connectivity index (χ4n) is 3.62. The second kappa shape index (κ2) is 7.77. The van der Waals surface area contributed by atoms with Gasteiger partial charge in [-0.1, -0.05) is 29.3 Å². The van der Waals surface area contributed by atoms with Crippen LogP contribution in [-0.4, -0.2) is 33.9 Å². The number of hydrogen-bond acceptors (Lipinski definition) is 3. The summed E-state index contributed by atoms with van der Waals surface area (Å²) in [6, 6.07) is 5.79. The zero-order valence-electron chi connectivity index (χ0n) is 14.0. The molecule has 0 bridgehead atoms. The Kier molecular flexibility index (Phi) is 5.67. The van der Waals surface area contributed by atoms with Crippen molar-refractivity contribution >= 4 is 29.2 Å². The monoisotopic (exact) mass is 381 g/mol. The number of aromatic carboxylic acids is 1. The molecule has 0 aliphatic carbocycles. The smallest absolute Gasteiger partial charge is 0.339 e. The molecule has 0 radical (unpaired) electrons. The van der Waals surface area contributed by atoms with E-state index in [0.29, 0.717) is 22.2 Å². The van der Waals surface area contributed by atoms with E-state index in [0.717, 1.165) is 31.5 Å². The van der Waals surface area contributed by atoms with Crippen LogP contribution in [0, 0.1) is 5.92 Å². The Morgan fingerprint density at radius 3 is 2.92 bits per heavy atom. The normalized spacial score (nSPS) is 21.1. The van der Waals surface area contributed by atoms with Gasteiger partial charge in [-0.3, -0.25) is 4.68 Å². The molecule has 5 nitrogen and oxygen atoms in total. The molecule has 1 aromatic heterocycles. The van der Waals surface area contributed by atoms with Crippen LogP contribution in [0.5, 0.6) is 0 Å². The molecule has 2 aromatic rings. The molecule has 134 valence electrons. The number of carboxylic acids is 1. The van der Waals surface area contributed by atoms with Crippen molar-refractivity contribution in [2.45, 2.75) is 25.2 Å². The van der Waals surface area contributed by atoms with Crippen LogP contribution in [0.15, 0.2) is 24.4 Å². The van der Waals surface area contributed by atoms with E-state index < -0.39 is 5.97 Å². The van der Waals surface area contributed by atoms with Gasteiger partial charge in [0.2, 0.25) is 0 Å². The first-order valence-corrected chi connectivity index (χ1v) is 9.12. The molecule has 7 heteroatoms. The lowest BCUT2D eigenvalue weighted by atomic mass is 9.80. The highest BCUT2D eigenvalue weighted by molar-refractivity contribution is 6.42. The number of benzene rings is 1. The predicted octanol–water partition coefficient (Wildman–Crippen LogP) is 3.75. The molecule has 2 N–H and O–H groups in total. The molecule has 1 aliphatic rings. The lowest BCUT2D eigenvalue weighted by Gasteiger charge is -2.25. The zero-order valence-corrected chi connectivity index (χ0v) is 15.5. The third-order valence-corrected chi connectivity index (χ3v) is 5.55. The van der Waals surface area contributed by atoms with Crippen LogP contribution in [-0.2, 0) is 13.5 Å². The molecule has 2 heterocycles. The maximum absolute atomic E-state index is 11.5. The maximum Gasteiger partial charge on any atom is 0.339 e. The van der Waals surface area contributed by atoms with Crippen LogP contribution >= 0.6 is 23.2 Å². The van der Waals surface area contributed by atoms with Gasteiger partial charge in [-0.15, -0.1) is 0 Å². The highest BCUT2D eigenvalue weighted by Crippen LogP contribution is 2.36. The standard InChI is InChI=1S/C18H21Cl2N3O2/c1-23-10-14(18(24)25)17(22-23)8-12-9-21-6-2-3-13(12)11-4-5-15(19)16(20)7-11/h4-5,7,10,12-13,21H,2-3,6,8-9H2,1H3,(H,24,25)/t12-,13+/m1/s1. The first-order valence-electron chi connectivity index (χ1n) is 8.37. The fourth-order valence-corrected chi connectivity index (χ4v) is 3.93. The van der Waals surface area contributed by atoms with Gasteiger partial charge in [0.25, 0.3) is 0 Å². The van der Waals surface area contributed by atoms with E-state index in [1.807, 2.05) is 18.2 Å². The summed E-state index contributed by atoms with van der Waals surface area (Å²) in [5, 5.41) is 18.4. The molecule has 1 saturated heterocycles. The van der Waals surface area contributed by atoms with Gasteiger partial charge in [-0.2, -0.15) is 5.10 Å². The van der Waals surface area contributed by atoms with Gasteiger partial charge in [0, 0.05) is 13.2 Å². The van der Waals surface area contributed by atoms with Crippen molar-refractivity contribution in [2.75, 3.05) is 13.1 Å². The molecule has 1 aliphatic heterocycles. The Morgan fingerprint density at radius 2 is 2.20 bits per heavy atom. The van der Waals surface area contributed by atoms with Crippen molar-refractivity contribution in [3.05, 3.63) is 51.3 Å². The summed E-state index contributed by atoms with van der Waals surface area (Å²) in [6.45, 7) is 1.78. The summed E-state index contributed by atoms with van der Waals surface area (Å²) >= 11 is 12.3. The van der Waals surface area contributed by atoms with Crippen LogP contribution in [0.2, 0.25) is 10.0 Å². The number of nitrogens with zero attached hydrogens (tertiary/aromatic N) is 2. The minimum Gasteiger partial charge on any atom is -0.478 e. The molecule has 0 spiro atoms. The minimum absolute atomic E-state index is 0.243. The average Bonchev–Trinajstić information content (AvgIpc) is 2.78. The molecular weight excluding hydrogens is 361 g/mol. The Morgan fingerprint density at radius 1 is 1.40 bits per heavy atom. The lowest BCUT2D eigenvalue weighted by Crippen LogP contribution is -2.26. The second-order valence-corrected chi connectivity index (χ2v) is 7.37. The van der Waals surface area contributed by atoms with Crippen LogP contribution in [0.3, 0.4) is 0 Å². The van der Waals surface area contributed by atoms with Crippen molar-refractivity contribution in [3.8, 4) is 0 Å². The maximum atomic E-state index is 11.5. The molecule has 0 saturated carbocycles. The molecule has 1 fully saturated rings. The number of nitrogens with one attached hydrogen (secondary N) is 1. The van der Waals surface area contributed by atoms with Gasteiger partial charge in [0.15, 0.2) is 0 Å². The summed E-state index contributed by atoms with van der Waals surface area (Å²) in [4.78, 5) is 11.5. The largest absolute Gasteiger partial charge is 0.478 e. The minimum atomic E-state index is -0.934. The topological polar surface area (TPSA) is 67.2 Å². The number of aromatic nitrogens is 2. The Balaban J connectivity index is 1.91. The summed E-state index contributed by atoms with van der Waals surface area (Å²) in [5.41, 5.74) is 2.06. The van der Waals surface area contributed by atoms with Gasteiger partial charge < -0.3 is 10.4 Å². The Bertz CT molecular complexity index is 776. The highest BCUT2D eigenvalue weighted by Gasteiger charge is 2.28. The quantitative estimate of drug-likeness (QED) is 0.845. The van der Waals surface area contributed by atoms with E-state index in [2.05, 4.69) is 10.4 Å². The molecule has 0 amide bonds. The molecule has 0 unspecified atom stereocenters. The number of aryl methyl sites for hydroxylation is 1. The van der Waals surface area contributed by atoms with Crippen LogP contribution in [0.25, 0.3) is 0 Å². The van der Waals surface area contributed by atoms with Crippen molar-refractivity contribution < 1.29 is 9.90 Å². The fraction of sp³-hybridized carbons (Fsp3) is 0.444. The first-order chi connectivity index (χ1) is 12.0. The van der Waals surface area contributed by atoms with E-state index in [4.69, 9.17) is 23.2 Å². The van der Waals surface area contributed by atoms with Crippen LogP contribution in [0.1, 0.15) is 40.4 Å². The first kappa shape index (κ1) is 18.2. The van der Waals surface area contributed by atoms with E-state index in [-0.39, 0.29) is 17.4 Å². The molecular formula is C18H21Cl2N3O2. The van der Waals surface area contributed by atoms with Crippen molar-refractivity contribution in [1.82, 2.24) is 15.1 Å². The van der Waals surface area contributed by atoms with Crippen molar-refractivity contribution in [2.24, 2.45) is 13.0 Å². The number of carbonyl (C=O) groups is 1. The number of halogens is 2. The summed E-state index contributed by atoms with van der Waals surface area (Å²) in [5.74, 6) is -0.406. The van der Waals surface area contributed by atoms with Gasteiger partial charge >= 0.3 is 5.97 Å². The Hall–Kier alpha value is -1.56. The average molecular weight is 382 g/mol. The lowest BCUT2D eigenvalue weighted by molar-refractivity contribution is 0.0695. The van der Waals surface area contributed by atoms with E-state index in [9.17, 15) is 9.90 Å². The molecule has 2 atom stereocenters. The van der Waals surface area contributed by atoms with Gasteiger partial charge in [-0.25, -0.2) is 4.79 Å². The van der Waals surface area contributed by atoms with E-state index in [1.165, 1.54) is 0 Å². The van der Waals surface area contributed by atoms with Crippen LogP contribution < -0.4 is 5.32 Å². The van der Waals surface area contributed by atoms with E-state index in [1.54, 1.807) is 17.9 Å². The predicted molar refractivity (Wildman–Crippen MR) is 98.7 cm³/mol. The van der Waals surface area contributed by atoms with Crippen LogP contribution in [0.4, 0.5) is 0 Å². The highest BCUT2D eigenvalue weighted by atomic mass is 35.5. The van der Waals surface area contributed by atoms with Crippen molar-refractivity contribution in [1.29, 1.82) is 0 Å². The number of carboxylic acid groups (broad SMARTS) is 1. The van der Waals surface area contributed by atoms with Crippen molar-refractivity contribution in [3.63, 3.8) is 0 Å². The number of rotatable bonds is 4. The van der Waals surface area contributed by atoms with E-state index >= 15 is 0 Å². The van der Waals surface area contributed by atoms with Gasteiger partial charge in [-0.05, 0) is 61.9 Å². The Labute approximate surface area is 156 Å². The molecule has 1 aromatic carbocycles. The third kappa shape index (κ3) is 4.17. The number of hydrogen-bond donors (Lipinski definition) is 2. The second-order valence-electron chi connectivity index (χ2n) is 6.56. The third-order valence-electron chi connectivity index (χ3n) is 4.81. The SMILES string of the molecule is Cn1cc(C(=O)O)c(C[C@@H]2CNCCC[C@H]2c2ccc(Cl)c(Cl)c2)n1. The summed E-state index contributed by atoms with van der Waals surface area (Å²) in [6.07, 6.45) is 4.26. The van der Waals surface area contributed by atoms with Gasteiger partial charge in [0.05, 0.1) is 15.7 Å². The zero-order chi connectivity index (χ0) is 18.0.